The third-order valence-corrected chi connectivity index (χ3v) is 5.02. The number of fused-ring (bicyclic) bond motifs is 1. The zero-order valence-corrected chi connectivity index (χ0v) is 15.5. The second-order valence-electron chi connectivity index (χ2n) is 6.44. The fourth-order valence-corrected chi connectivity index (χ4v) is 3.57. The van der Waals surface area contributed by atoms with Crippen molar-refractivity contribution in [2.24, 2.45) is 0 Å². The molecule has 0 bridgehead atoms. The number of H-pyrrole nitrogens is 1. The average Bonchev–Trinajstić information content (AvgIpc) is 3.17. The number of anilines is 1. The number of urea groups is 1. The zero-order chi connectivity index (χ0) is 19.7. The molecule has 28 heavy (non-hydrogen) atoms. The van der Waals surface area contributed by atoms with Gasteiger partial charge >= 0.3 is 12.0 Å². The maximum atomic E-state index is 13.1. The van der Waals surface area contributed by atoms with Crippen LogP contribution in [0, 0.1) is 0 Å². The molecular weight excluding hydrogens is 380 g/mol. The van der Waals surface area contributed by atoms with Gasteiger partial charge in [0.1, 0.15) is 6.04 Å². The van der Waals surface area contributed by atoms with Gasteiger partial charge in [-0.2, -0.15) is 0 Å². The van der Waals surface area contributed by atoms with Gasteiger partial charge in [-0.05, 0) is 29.8 Å². The van der Waals surface area contributed by atoms with E-state index in [4.69, 9.17) is 11.6 Å². The lowest BCUT2D eigenvalue weighted by molar-refractivity contribution is 0.0698. The van der Waals surface area contributed by atoms with Crippen LogP contribution in [0.3, 0.4) is 0 Å². The third-order valence-electron chi connectivity index (χ3n) is 4.77. The number of aromatic amines is 1. The largest absolute Gasteiger partial charge is 0.478 e. The van der Waals surface area contributed by atoms with E-state index in [2.05, 4.69) is 15.3 Å². The first-order valence-corrected chi connectivity index (χ1v) is 9.10. The number of aromatic nitrogens is 2. The quantitative estimate of drug-likeness (QED) is 0.624. The van der Waals surface area contributed by atoms with E-state index in [1.54, 1.807) is 41.6 Å². The van der Waals surface area contributed by atoms with E-state index in [1.165, 1.54) is 6.07 Å². The molecule has 1 atom stereocenters. The Labute approximate surface area is 166 Å². The number of carbonyl (C=O) groups excluding carboxylic acids is 1. The third kappa shape index (κ3) is 3.32. The van der Waals surface area contributed by atoms with E-state index >= 15 is 0 Å². The molecule has 0 saturated carbocycles. The molecule has 3 N–H and O–H groups in total. The Morgan fingerprint density at radius 2 is 1.93 bits per heavy atom. The Kier molecular flexibility index (Phi) is 4.75. The minimum Gasteiger partial charge on any atom is -0.478 e. The van der Waals surface area contributed by atoms with Gasteiger partial charge in [-0.15, -0.1) is 0 Å². The van der Waals surface area contributed by atoms with E-state index in [-0.39, 0.29) is 17.3 Å². The highest BCUT2D eigenvalue weighted by atomic mass is 35.5. The maximum absolute atomic E-state index is 13.1. The number of aromatic carboxylic acids is 1. The predicted octanol–water partition coefficient (Wildman–Crippen LogP) is 3.94. The Morgan fingerprint density at radius 3 is 2.68 bits per heavy atom. The van der Waals surface area contributed by atoms with Gasteiger partial charge in [0, 0.05) is 23.7 Å². The topological polar surface area (TPSA) is 98.3 Å². The fraction of sp³-hybridized carbons (Fsp3) is 0.150. The first-order valence-electron chi connectivity index (χ1n) is 8.72. The number of imidazole rings is 1. The van der Waals surface area contributed by atoms with Crippen molar-refractivity contribution < 1.29 is 14.7 Å². The van der Waals surface area contributed by atoms with E-state index < -0.39 is 12.0 Å². The molecule has 0 aliphatic carbocycles. The Balaban J connectivity index is 1.68. The zero-order valence-electron chi connectivity index (χ0n) is 14.7. The Bertz CT molecular complexity index is 1030. The number of carbonyl (C=O) groups is 2. The molecule has 2 heterocycles. The van der Waals surface area contributed by atoms with Crippen LogP contribution in [0.2, 0.25) is 5.02 Å². The summed E-state index contributed by atoms with van der Waals surface area (Å²) < 4.78 is 0. The van der Waals surface area contributed by atoms with Crippen LogP contribution < -0.4 is 5.32 Å². The number of hydrogen-bond donors (Lipinski definition) is 3. The first kappa shape index (κ1) is 18.1. The van der Waals surface area contributed by atoms with Crippen molar-refractivity contribution in [3.05, 3.63) is 82.4 Å². The normalized spacial score (nSPS) is 15.8. The summed E-state index contributed by atoms with van der Waals surface area (Å²) in [5.41, 5.74) is 2.92. The van der Waals surface area contributed by atoms with E-state index in [9.17, 15) is 14.7 Å². The van der Waals surface area contributed by atoms with Crippen LogP contribution in [-0.2, 0) is 6.42 Å². The van der Waals surface area contributed by atoms with Crippen molar-refractivity contribution >= 4 is 29.3 Å². The summed E-state index contributed by atoms with van der Waals surface area (Å²) >= 11 is 6.01. The summed E-state index contributed by atoms with van der Waals surface area (Å²) in [5, 5.41) is 12.7. The van der Waals surface area contributed by atoms with Gasteiger partial charge < -0.3 is 20.3 Å². The number of hydrogen-bond acceptors (Lipinski definition) is 3. The molecule has 2 aromatic carbocycles. The van der Waals surface area contributed by atoms with Crippen LogP contribution in [0.25, 0.3) is 0 Å². The molecule has 142 valence electrons. The monoisotopic (exact) mass is 396 g/mol. The summed E-state index contributed by atoms with van der Waals surface area (Å²) in [6.07, 6.45) is 2.25. The van der Waals surface area contributed by atoms with Crippen LogP contribution in [0.1, 0.15) is 33.4 Å². The molecule has 1 aromatic heterocycles. The van der Waals surface area contributed by atoms with Crippen LogP contribution in [0.15, 0.2) is 54.9 Å². The van der Waals surface area contributed by atoms with E-state index in [1.807, 2.05) is 12.1 Å². The van der Waals surface area contributed by atoms with Gasteiger partial charge in [-0.3, -0.25) is 0 Å². The van der Waals surface area contributed by atoms with Gasteiger partial charge in [-0.1, -0.05) is 35.9 Å². The number of carboxylic acid groups (broad SMARTS) is 1. The Morgan fingerprint density at radius 1 is 1.18 bits per heavy atom. The minimum atomic E-state index is -1.10. The van der Waals surface area contributed by atoms with Gasteiger partial charge in [0.2, 0.25) is 0 Å². The van der Waals surface area contributed by atoms with Crippen molar-refractivity contribution in [3.8, 4) is 0 Å². The van der Waals surface area contributed by atoms with Crippen molar-refractivity contribution in [3.63, 3.8) is 0 Å². The molecule has 0 fully saturated rings. The highest BCUT2D eigenvalue weighted by Crippen LogP contribution is 2.34. The van der Waals surface area contributed by atoms with Crippen molar-refractivity contribution in [1.82, 2.24) is 14.9 Å². The number of nitrogens with one attached hydrogen (secondary N) is 2. The molecule has 7 nitrogen and oxygen atoms in total. The standard InChI is InChI=1S/C20H17ClN4O3/c21-13-7-5-12(6-8-13)18-17-16(22-11-23-17)9-10-25(18)20(28)24-15-4-2-1-3-14(15)19(26)27/h1-8,11,18H,9-10H2,(H,22,23)(H,24,28)(H,26,27)/t18-/m1/s1. The predicted molar refractivity (Wildman–Crippen MR) is 105 cm³/mol. The molecule has 1 aliphatic heterocycles. The minimum absolute atomic E-state index is 0.0383. The maximum Gasteiger partial charge on any atom is 0.337 e. The summed E-state index contributed by atoms with van der Waals surface area (Å²) in [6.45, 7) is 0.462. The number of halogens is 1. The molecule has 0 radical (unpaired) electrons. The second-order valence-corrected chi connectivity index (χ2v) is 6.88. The number of para-hydroxylation sites is 1. The number of amides is 2. The molecule has 0 saturated heterocycles. The number of carboxylic acids is 1. The summed E-state index contributed by atoms with van der Waals surface area (Å²) in [7, 11) is 0. The average molecular weight is 397 g/mol. The molecule has 0 spiro atoms. The molecule has 0 unspecified atom stereocenters. The number of nitrogens with zero attached hydrogens (tertiary/aromatic N) is 2. The van der Waals surface area contributed by atoms with Gasteiger partial charge in [0.25, 0.3) is 0 Å². The molecular formula is C20H17ClN4O3. The van der Waals surface area contributed by atoms with Crippen molar-refractivity contribution in [2.75, 3.05) is 11.9 Å². The molecule has 3 aromatic rings. The Hall–Kier alpha value is -3.32. The van der Waals surface area contributed by atoms with Crippen LogP contribution in [0.5, 0.6) is 0 Å². The van der Waals surface area contributed by atoms with Crippen molar-refractivity contribution in [2.45, 2.75) is 12.5 Å². The molecule has 4 rings (SSSR count). The molecule has 8 heteroatoms. The molecule has 2 amide bonds. The lowest BCUT2D eigenvalue weighted by atomic mass is 9.96. The van der Waals surface area contributed by atoms with E-state index in [0.29, 0.717) is 18.0 Å². The van der Waals surface area contributed by atoms with Crippen molar-refractivity contribution in [1.29, 1.82) is 0 Å². The molecule has 1 aliphatic rings. The van der Waals surface area contributed by atoms with E-state index in [0.717, 1.165) is 17.0 Å². The summed E-state index contributed by atoms with van der Waals surface area (Å²) in [6, 6.07) is 12.8. The van der Waals surface area contributed by atoms with Crippen LogP contribution in [0.4, 0.5) is 10.5 Å². The number of rotatable bonds is 3. The van der Waals surface area contributed by atoms with Gasteiger partial charge in [0.15, 0.2) is 0 Å². The van der Waals surface area contributed by atoms with Gasteiger partial charge in [-0.25, -0.2) is 14.6 Å². The number of benzene rings is 2. The van der Waals surface area contributed by atoms with Crippen LogP contribution >= 0.6 is 11.6 Å². The fourth-order valence-electron chi connectivity index (χ4n) is 3.44. The van der Waals surface area contributed by atoms with Gasteiger partial charge in [0.05, 0.1) is 23.3 Å². The summed E-state index contributed by atoms with van der Waals surface area (Å²) in [5.74, 6) is -1.10. The smallest absolute Gasteiger partial charge is 0.337 e. The lowest BCUT2D eigenvalue weighted by Gasteiger charge is -2.35. The summed E-state index contributed by atoms with van der Waals surface area (Å²) in [4.78, 5) is 33.7. The highest BCUT2D eigenvalue weighted by Gasteiger charge is 2.34. The highest BCUT2D eigenvalue weighted by molar-refractivity contribution is 6.30. The second kappa shape index (κ2) is 7.36. The lowest BCUT2D eigenvalue weighted by Crippen LogP contribution is -2.43. The first-order chi connectivity index (χ1) is 13.5. The van der Waals surface area contributed by atoms with Crippen LogP contribution in [-0.4, -0.2) is 38.5 Å². The SMILES string of the molecule is O=C(O)c1ccccc1NC(=O)N1CCc2[nH]cnc2[C@H]1c1ccc(Cl)cc1.